The van der Waals surface area contributed by atoms with Gasteiger partial charge in [0.25, 0.3) is 0 Å². The number of hydrogen-bond acceptors (Lipinski definition) is 4. The molecule has 1 aromatic carbocycles. The van der Waals surface area contributed by atoms with Gasteiger partial charge >= 0.3 is 0 Å². The maximum Gasteiger partial charge on any atom is 0.227 e. The van der Waals surface area contributed by atoms with Crippen molar-refractivity contribution in [3.8, 4) is 0 Å². The van der Waals surface area contributed by atoms with Crippen LogP contribution in [0.5, 0.6) is 0 Å². The van der Waals surface area contributed by atoms with E-state index in [1.807, 2.05) is 32.0 Å². The van der Waals surface area contributed by atoms with Crippen LogP contribution in [-0.4, -0.2) is 30.0 Å². The van der Waals surface area contributed by atoms with Crippen molar-refractivity contribution < 1.29 is 19.1 Å². The average molecular weight is 382 g/mol. The molecule has 0 unspecified atom stereocenters. The highest BCUT2D eigenvalue weighted by atomic mass is 16.4. The average Bonchev–Trinajstić information content (AvgIpc) is 3.24. The topological polar surface area (TPSA) is 82.8 Å². The Hall–Kier alpha value is -2.60. The van der Waals surface area contributed by atoms with Crippen molar-refractivity contribution in [1.82, 2.24) is 5.32 Å². The summed E-state index contributed by atoms with van der Waals surface area (Å²) in [5.74, 6) is -0.0999. The fourth-order valence-electron chi connectivity index (χ4n) is 3.91. The second-order valence-corrected chi connectivity index (χ2v) is 8.07. The summed E-state index contributed by atoms with van der Waals surface area (Å²) in [5, 5.41) is 13.9. The van der Waals surface area contributed by atoms with Crippen LogP contribution in [0.4, 0.5) is 5.69 Å². The SMILES string of the molecule is Cc1ccc(N2C[C@H](C(=O)NC[C@@](O)(c3ccco3)C3CC3)CC2=O)cc1C. The van der Waals surface area contributed by atoms with E-state index in [4.69, 9.17) is 4.42 Å². The summed E-state index contributed by atoms with van der Waals surface area (Å²) < 4.78 is 5.41. The first-order chi connectivity index (χ1) is 13.4. The normalized spacial score (nSPS) is 21.6. The van der Waals surface area contributed by atoms with E-state index < -0.39 is 11.5 Å². The van der Waals surface area contributed by atoms with Gasteiger partial charge in [-0.25, -0.2) is 0 Å². The van der Waals surface area contributed by atoms with Crippen LogP contribution in [0, 0.1) is 25.7 Å². The largest absolute Gasteiger partial charge is 0.466 e. The second-order valence-electron chi connectivity index (χ2n) is 8.07. The minimum atomic E-state index is -1.18. The first-order valence-electron chi connectivity index (χ1n) is 9.80. The predicted octanol–water partition coefficient (Wildman–Crippen LogP) is 2.66. The van der Waals surface area contributed by atoms with E-state index in [1.165, 1.54) is 11.8 Å². The molecule has 2 N–H and O–H groups in total. The summed E-state index contributed by atoms with van der Waals surface area (Å²) in [6.07, 6.45) is 3.54. The molecule has 1 saturated heterocycles. The van der Waals surface area contributed by atoms with Gasteiger partial charge in [-0.2, -0.15) is 0 Å². The molecule has 1 saturated carbocycles. The summed E-state index contributed by atoms with van der Waals surface area (Å²) in [5.41, 5.74) is 1.93. The third-order valence-corrected chi connectivity index (χ3v) is 6.03. The highest BCUT2D eigenvalue weighted by molar-refractivity contribution is 6.00. The Bertz CT molecular complexity index is 888. The van der Waals surface area contributed by atoms with Crippen LogP contribution in [0.3, 0.4) is 0 Å². The summed E-state index contributed by atoms with van der Waals surface area (Å²) in [6.45, 7) is 4.49. The Labute approximate surface area is 164 Å². The van der Waals surface area contributed by atoms with Gasteiger partial charge in [-0.15, -0.1) is 0 Å². The molecule has 28 heavy (non-hydrogen) atoms. The molecular weight excluding hydrogens is 356 g/mol. The van der Waals surface area contributed by atoms with Crippen molar-refractivity contribution in [1.29, 1.82) is 0 Å². The van der Waals surface area contributed by atoms with E-state index in [0.717, 1.165) is 24.1 Å². The lowest BCUT2D eigenvalue weighted by Crippen LogP contribution is -2.44. The number of nitrogens with zero attached hydrogens (tertiary/aromatic N) is 1. The molecule has 2 atom stereocenters. The quantitative estimate of drug-likeness (QED) is 0.805. The van der Waals surface area contributed by atoms with Crippen LogP contribution in [0.25, 0.3) is 0 Å². The Kier molecular flexibility index (Phi) is 4.75. The zero-order valence-electron chi connectivity index (χ0n) is 16.3. The van der Waals surface area contributed by atoms with E-state index in [0.29, 0.717) is 12.3 Å². The van der Waals surface area contributed by atoms with Crippen molar-refractivity contribution in [3.63, 3.8) is 0 Å². The first kappa shape index (κ1) is 18.7. The van der Waals surface area contributed by atoms with Gasteiger partial charge in [-0.3, -0.25) is 9.59 Å². The summed E-state index contributed by atoms with van der Waals surface area (Å²) in [7, 11) is 0. The molecule has 1 aliphatic heterocycles. The Morgan fingerprint density at radius 1 is 1.29 bits per heavy atom. The number of furan rings is 1. The van der Waals surface area contributed by atoms with Gasteiger partial charge in [0.1, 0.15) is 11.4 Å². The van der Waals surface area contributed by atoms with Crippen LogP contribution in [0.1, 0.15) is 36.1 Å². The van der Waals surface area contributed by atoms with E-state index >= 15 is 0 Å². The number of benzene rings is 1. The molecule has 0 radical (unpaired) electrons. The van der Waals surface area contributed by atoms with Crippen LogP contribution in [-0.2, 0) is 15.2 Å². The molecule has 0 bridgehead atoms. The highest BCUT2D eigenvalue weighted by Gasteiger charge is 2.48. The van der Waals surface area contributed by atoms with Crippen LogP contribution in [0.15, 0.2) is 41.0 Å². The number of aryl methyl sites for hydroxylation is 2. The van der Waals surface area contributed by atoms with E-state index in [9.17, 15) is 14.7 Å². The van der Waals surface area contributed by atoms with Crippen molar-refractivity contribution in [2.45, 2.75) is 38.7 Å². The fourth-order valence-corrected chi connectivity index (χ4v) is 3.91. The Balaban J connectivity index is 1.41. The van der Waals surface area contributed by atoms with Gasteiger partial charge in [0, 0.05) is 18.7 Å². The third-order valence-electron chi connectivity index (χ3n) is 6.03. The van der Waals surface area contributed by atoms with Gasteiger partial charge in [0.05, 0.1) is 18.7 Å². The molecule has 1 aromatic heterocycles. The number of nitrogens with one attached hydrogen (secondary N) is 1. The summed E-state index contributed by atoms with van der Waals surface area (Å²) in [4.78, 5) is 26.9. The van der Waals surface area contributed by atoms with Crippen LogP contribution < -0.4 is 10.2 Å². The zero-order chi connectivity index (χ0) is 19.9. The molecule has 6 nitrogen and oxygen atoms in total. The monoisotopic (exact) mass is 382 g/mol. The maximum atomic E-state index is 12.7. The standard InChI is InChI=1S/C22H26N2O4/c1-14-5-8-18(10-15(14)2)24-12-16(11-20(24)25)21(26)23-13-22(27,17-6-7-17)19-4-3-9-28-19/h3-5,8-10,16-17,27H,6-7,11-13H2,1-2H3,(H,23,26)/t16-,22+/m1/s1. The van der Waals surface area contributed by atoms with E-state index in [-0.39, 0.29) is 30.7 Å². The van der Waals surface area contributed by atoms with Crippen LogP contribution >= 0.6 is 0 Å². The molecular formula is C22H26N2O4. The van der Waals surface area contributed by atoms with Crippen molar-refractivity contribution in [2.24, 2.45) is 11.8 Å². The Morgan fingerprint density at radius 2 is 2.07 bits per heavy atom. The first-order valence-corrected chi connectivity index (χ1v) is 9.80. The van der Waals surface area contributed by atoms with Crippen LogP contribution in [0.2, 0.25) is 0 Å². The van der Waals surface area contributed by atoms with E-state index in [1.54, 1.807) is 17.0 Å². The lowest BCUT2D eigenvalue weighted by molar-refractivity contribution is -0.127. The molecule has 2 aliphatic rings. The van der Waals surface area contributed by atoms with Gasteiger partial charge in [-0.1, -0.05) is 6.07 Å². The van der Waals surface area contributed by atoms with Gasteiger partial charge in [0.2, 0.25) is 11.8 Å². The maximum absolute atomic E-state index is 12.7. The predicted molar refractivity (Wildman–Crippen MR) is 105 cm³/mol. The van der Waals surface area contributed by atoms with Crippen molar-refractivity contribution in [3.05, 3.63) is 53.5 Å². The number of amides is 2. The van der Waals surface area contributed by atoms with Gasteiger partial charge in [-0.05, 0) is 68.0 Å². The van der Waals surface area contributed by atoms with Gasteiger partial charge < -0.3 is 19.7 Å². The summed E-state index contributed by atoms with van der Waals surface area (Å²) in [6, 6.07) is 9.37. The van der Waals surface area contributed by atoms with Gasteiger partial charge in [0.15, 0.2) is 0 Å². The minimum Gasteiger partial charge on any atom is -0.466 e. The second kappa shape index (κ2) is 7.09. The molecule has 4 rings (SSSR count). The number of anilines is 1. The zero-order valence-corrected chi connectivity index (χ0v) is 16.3. The molecule has 6 heteroatoms. The smallest absolute Gasteiger partial charge is 0.227 e. The number of rotatable bonds is 6. The molecule has 148 valence electrons. The summed E-state index contributed by atoms with van der Waals surface area (Å²) >= 11 is 0. The van der Waals surface area contributed by atoms with Crippen molar-refractivity contribution >= 4 is 17.5 Å². The third kappa shape index (κ3) is 3.44. The molecule has 2 heterocycles. The Morgan fingerprint density at radius 3 is 2.71 bits per heavy atom. The number of aliphatic hydroxyl groups is 1. The van der Waals surface area contributed by atoms with Crippen molar-refractivity contribution in [2.75, 3.05) is 18.0 Å². The lowest BCUT2D eigenvalue weighted by Gasteiger charge is -2.27. The highest BCUT2D eigenvalue weighted by Crippen LogP contribution is 2.45. The molecule has 0 spiro atoms. The minimum absolute atomic E-state index is 0.0492. The number of hydrogen-bond donors (Lipinski definition) is 2. The molecule has 1 aliphatic carbocycles. The number of carbonyl (C=O) groups excluding carboxylic acids is 2. The lowest BCUT2D eigenvalue weighted by atomic mass is 9.94. The molecule has 2 amide bonds. The molecule has 2 aromatic rings. The fraction of sp³-hybridized carbons (Fsp3) is 0.455. The number of carbonyl (C=O) groups is 2. The van der Waals surface area contributed by atoms with E-state index in [2.05, 4.69) is 5.32 Å². The molecule has 2 fully saturated rings.